The zero-order valence-electron chi connectivity index (χ0n) is 19.2. The van der Waals surface area contributed by atoms with E-state index >= 15 is 0 Å². The van der Waals surface area contributed by atoms with E-state index < -0.39 is 23.2 Å². The van der Waals surface area contributed by atoms with E-state index in [1.54, 1.807) is 41.0 Å². The number of piperazine rings is 1. The molecule has 4 amide bonds. The number of halogens is 2. The summed E-state index contributed by atoms with van der Waals surface area (Å²) >= 11 is 0. The first kappa shape index (κ1) is 22.9. The Labute approximate surface area is 200 Å². The highest BCUT2D eigenvalue weighted by atomic mass is 19.2. The van der Waals surface area contributed by atoms with Gasteiger partial charge in [0.25, 0.3) is 11.8 Å². The molecule has 2 fully saturated rings. The summed E-state index contributed by atoms with van der Waals surface area (Å²) in [7, 11) is 0. The van der Waals surface area contributed by atoms with Crippen molar-refractivity contribution in [3.05, 3.63) is 65.2 Å². The summed E-state index contributed by atoms with van der Waals surface area (Å²) in [6.07, 6.45) is 0.712. The van der Waals surface area contributed by atoms with Crippen molar-refractivity contribution in [2.45, 2.75) is 25.4 Å². The molecule has 182 valence electrons. The molecule has 5 rings (SSSR count). The molecule has 2 saturated heterocycles. The molecule has 8 nitrogen and oxygen atoms in total. The quantitative estimate of drug-likeness (QED) is 0.672. The molecule has 0 saturated carbocycles. The Morgan fingerprint density at radius 2 is 1.63 bits per heavy atom. The zero-order chi connectivity index (χ0) is 24.9. The number of amides is 4. The molecule has 2 aromatic carbocycles. The Morgan fingerprint density at radius 3 is 2.34 bits per heavy atom. The molecule has 3 aliphatic heterocycles. The van der Waals surface area contributed by atoms with Crippen LogP contribution in [0.3, 0.4) is 0 Å². The van der Waals surface area contributed by atoms with Crippen LogP contribution in [0, 0.1) is 11.6 Å². The number of fused-ring (bicyclic) bond motifs is 3. The van der Waals surface area contributed by atoms with E-state index in [0.29, 0.717) is 17.7 Å². The van der Waals surface area contributed by atoms with Crippen LogP contribution >= 0.6 is 0 Å². The standard InChI is InChI=1S/C25H24F2N4O4/c1-25-9-8-21(32)31(25)20-5-3-2-4-17(20)24(35)30(25)15-22(33)28-10-12-29(13-11-28)23(34)16-6-7-18(26)19(27)14-16/h2-7,14H,8-13,15H2,1H3. The number of benzene rings is 2. The van der Waals surface area contributed by atoms with E-state index in [2.05, 4.69) is 0 Å². The molecule has 0 aliphatic carbocycles. The highest BCUT2D eigenvalue weighted by Crippen LogP contribution is 2.43. The number of carbonyl (C=O) groups excluding carboxylic acids is 4. The third-order valence-corrected chi connectivity index (χ3v) is 7.13. The lowest BCUT2D eigenvalue weighted by molar-refractivity contribution is -0.135. The molecule has 10 heteroatoms. The van der Waals surface area contributed by atoms with E-state index in [1.165, 1.54) is 15.9 Å². The average molecular weight is 482 g/mol. The molecule has 2 aromatic rings. The molecule has 3 aliphatic rings. The molecule has 0 aromatic heterocycles. The minimum Gasteiger partial charge on any atom is -0.338 e. The van der Waals surface area contributed by atoms with E-state index in [-0.39, 0.29) is 62.4 Å². The van der Waals surface area contributed by atoms with E-state index in [4.69, 9.17) is 0 Å². The minimum atomic E-state index is -1.09. The van der Waals surface area contributed by atoms with Crippen molar-refractivity contribution in [3.8, 4) is 0 Å². The van der Waals surface area contributed by atoms with Crippen molar-refractivity contribution in [1.29, 1.82) is 0 Å². The van der Waals surface area contributed by atoms with Crippen LogP contribution in [0.2, 0.25) is 0 Å². The summed E-state index contributed by atoms with van der Waals surface area (Å²) in [5.74, 6) is -3.22. The van der Waals surface area contributed by atoms with E-state index in [0.717, 1.165) is 12.1 Å². The topological polar surface area (TPSA) is 81.2 Å². The number of nitrogens with zero attached hydrogens (tertiary/aromatic N) is 4. The van der Waals surface area contributed by atoms with Gasteiger partial charge in [-0.25, -0.2) is 8.78 Å². The van der Waals surface area contributed by atoms with Crippen LogP contribution in [-0.4, -0.2) is 76.7 Å². The van der Waals surface area contributed by atoms with Crippen LogP contribution in [0.1, 0.15) is 40.5 Å². The van der Waals surface area contributed by atoms with Crippen LogP contribution in [0.4, 0.5) is 14.5 Å². The van der Waals surface area contributed by atoms with Gasteiger partial charge in [-0.3, -0.25) is 24.1 Å². The second-order valence-electron chi connectivity index (χ2n) is 9.16. The van der Waals surface area contributed by atoms with Crippen LogP contribution in [0.15, 0.2) is 42.5 Å². The van der Waals surface area contributed by atoms with Crippen LogP contribution in [0.25, 0.3) is 0 Å². The summed E-state index contributed by atoms with van der Waals surface area (Å²) in [5, 5.41) is 0. The number of rotatable bonds is 3. The van der Waals surface area contributed by atoms with Crippen molar-refractivity contribution in [1.82, 2.24) is 14.7 Å². The first-order valence-corrected chi connectivity index (χ1v) is 11.5. The van der Waals surface area contributed by atoms with Gasteiger partial charge in [0.1, 0.15) is 12.2 Å². The fraction of sp³-hybridized carbons (Fsp3) is 0.360. The fourth-order valence-corrected chi connectivity index (χ4v) is 5.15. The zero-order valence-corrected chi connectivity index (χ0v) is 19.2. The second kappa shape index (κ2) is 8.44. The number of carbonyl (C=O) groups is 4. The van der Waals surface area contributed by atoms with Gasteiger partial charge in [0.15, 0.2) is 11.6 Å². The van der Waals surface area contributed by atoms with Crippen molar-refractivity contribution in [2.75, 3.05) is 37.6 Å². The minimum absolute atomic E-state index is 0.0418. The summed E-state index contributed by atoms with van der Waals surface area (Å²) in [4.78, 5) is 58.0. The van der Waals surface area contributed by atoms with Gasteiger partial charge in [0.2, 0.25) is 11.8 Å². The molecular weight excluding hydrogens is 458 g/mol. The molecule has 0 N–H and O–H groups in total. The van der Waals surface area contributed by atoms with Crippen molar-refractivity contribution in [3.63, 3.8) is 0 Å². The predicted octanol–water partition coefficient (Wildman–Crippen LogP) is 2.25. The Hall–Kier alpha value is -3.82. The van der Waals surface area contributed by atoms with Gasteiger partial charge in [-0.1, -0.05) is 12.1 Å². The predicted molar refractivity (Wildman–Crippen MR) is 121 cm³/mol. The molecule has 0 radical (unpaired) electrons. The normalized spacial score (nSPS) is 21.8. The Bertz CT molecular complexity index is 1240. The first-order chi connectivity index (χ1) is 16.7. The van der Waals surface area contributed by atoms with Crippen molar-refractivity contribution < 1.29 is 28.0 Å². The summed E-state index contributed by atoms with van der Waals surface area (Å²) < 4.78 is 26.7. The summed E-state index contributed by atoms with van der Waals surface area (Å²) in [5.41, 5.74) is 0.0634. The van der Waals surface area contributed by atoms with Gasteiger partial charge in [0.05, 0.1) is 11.3 Å². The molecule has 3 heterocycles. The Balaban J connectivity index is 1.28. The fourth-order valence-electron chi connectivity index (χ4n) is 5.15. The highest BCUT2D eigenvalue weighted by Gasteiger charge is 2.53. The van der Waals surface area contributed by atoms with Gasteiger partial charge in [-0.15, -0.1) is 0 Å². The van der Waals surface area contributed by atoms with Gasteiger partial charge < -0.3 is 14.7 Å². The lowest BCUT2D eigenvalue weighted by Gasteiger charge is -2.49. The number of anilines is 1. The van der Waals surface area contributed by atoms with Crippen LogP contribution in [-0.2, 0) is 9.59 Å². The maximum Gasteiger partial charge on any atom is 0.258 e. The van der Waals surface area contributed by atoms with Crippen LogP contribution in [0.5, 0.6) is 0 Å². The van der Waals surface area contributed by atoms with E-state index in [9.17, 15) is 28.0 Å². The third kappa shape index (κ3) is 3.73. The van der Waals surface area contributed by atoms with Crippen molar-refractivity contribution in [2.24, 2.45) is 0 Å². The highest BCUT2D eigenvalue weighted by molar-refractivity contribution is 6.11. The molecule has 35 heavy (non-hydrogen) atoms. The van der Waals surface area contributed by atoms with Gasteiger partial charge >= 0.3 is 0 Å². The first-order valence-electron chi connectivity index (χ1n) is 11.5. The summed E-state index contributed by atoms with van der Waals surface area (Å²) in [6, 6.07) is 9.91. The SMILES string of the molecule is CC12CCC(=O)N1c1ccccc1C(=O)N2CC(=O)N1CCN(C(=O)c2ccc(F)c(F)c2)CC1. The second-order valence-corrected chi connectivity index (χ2v) is 9.16. The monoisotopic (exact) mass is 482 g/mol. The number of para-hydroxylation sites is 1. The molecule has 1 atom stereocenters. The number of hydrogen-bond acceptors (Lipinski definition) is 4. The Morgan fingerprint density at radius 1 is 0.943 bits per heavy atom. The van der Waals surface area contributed by atoms with Gasteiger partial charge in [0, 0.05) is 38.2 Å². The molecular formula is C25H24F2N4O4. The summed E-state index contributed by atoms with van der Waals surface area (Å²) in [6.45, 7) is 2.55. The lowest BCUT2D eigenvalue weighted by atomic mass is 9.98. The smallest absolute Gasteiger partial charge is 0.258 e. The lowest BCUT2D eigenvalue weighted by Crippen LogP contribution is -2.64. The molecule has 1 unspecified atom stereocenters. The number of hydrogen-bond donors (Lipinski definition) is 0. The van der Waals surface area contributed by atoms with Crippen molar-refractivity contribution >= 4 is 29.3 Å². The third-order valence-electron chi connectivity index (χ3n) is 7.13. The average Bonchev–Trinajstić information content (AvgIpc) is 3.18. The van der Waals surface area contributed by atoms with Gasteiger partial charge in [-0.2, -0.15) is 0 Å². The Kier molecular flexibility index (Phi) is 5.53. The molecule has 0 bridgehead atoms. The largest absolute Gasteiger partial charge is 0.338 e. The maximum absolute atomic E-state index is 13.5. The maximum atomic E-state index is 13.5. The van der Waals surface area contributed by atoms with E-state index in [1.807, 2.05) is 0 Å². The molecule has 0 spiro atoms. The van der Waals surface area contributed by atoms with Gasteiger partial charge in [-0.05, 0) is 43.7 Å². The van der Waals surface area contributed by atoms with Crippen LogP contribution < -0.4 is 4.90 Å².